The van der Waals surface area contributed by atoms with E-state index < -0.39 is 18.0 Å². The fourth-order valence-electron chi connectivity index (χ4n) is 4.24. The molecule has 2 N–H and O–H groups in total. The van der Waals surface area contributed by atoms with Gasteiger partial charge in [-0.1, -0.05) is 129 Å². The Labute approximate surface area is 215 Å². The fourth-order valence-corrected chi connectivity index (χ4v) is 4.24. The van der Waals surface area contributed by atoms with Crippen molar-refractivity contribution < 1.29 is 24.2 Å². The summed E-state index contributed by atoms with van der Waals surface area (Å²) in [6.07, 6.45) is 23.8. The van der Waals surface area contributed by atoms with Crippen LogP contribution >= 0.6 is 0 Å². The summed E-state index contributed by atoms with van der Waals surface area (Å²) in [6.45, 7) is 4.76. The quantitative estimate of drug-likeness (QED) is 0.0942. The molecule has 0 aliphatic heterocycles. The van der Waals surface area contributed by atoms with Crippen molar-refractivity contribution in [3.63, 3.8) is 0 Å². The van der Waals surface area contributed by atoms with E-state index in [1.165, 1.54) is 89.9 Å². The Morgan fingerprint density at radius 2 is 1.03 bits per heavy atom. The number of aliphatic carboxylic acids is 1. The predicted octanol–water partition coefficient (Wildman–Crippen LogP) is 7.72. The van der Waals surface area contributed by atoms with Gasteiger partial charge < -0.3 is 15.2 Å². The van der Waals surface area contributed by atoms with Gasteiger partial charge in [0, 0.05) is 6.42 Å². The average molecular weight is 498 g/mol. The summed E-state index contributed by atoms with van der Waals surface area (Å²) >= 11 is 0. The van der Waals surface area contributed by atoms with Crippen LogP contribution in [0.4, 0.5) is 0 Å². The van der Waals surface area contributed by atoms with Gasteiger partial charge in [0.05, 0.1) is 13.0 Å². The van der Waals surface area contributed by atoms with Crippen molar-refractivity contribution >= 4 is 17.8 Å². The first kappa shape index (κ1) is 33.4. The number of esters is 1. The summed E-state index contributed by atoms with van der Waals surface area (Å²) < 4.78 is 5.19. The first-order chi connectivity index (χ1) is 17.0. The Balaban J connectivity index is 3.75. The largest absolute Gasteiger partial charge is 0.480 e. The van der Waals surface area contributed by atoms with E-state index in [4.69, 9.17) is 4.74 Å². The topological polar surface area (TPSA) is 92.7 Å². The van der Waals surface area contributed by atoms with Gasteiger partial charge in [-0.3, -0.25) is 9.59 Å². The van der Waals surface area contributed by atoms with E-state index in [1.54, 1.807) is 0 Å². The molecule has 0 fully saturated rings. The summed E-state index contributed by atoms with van der Waals surface area (Å²) in [5.41, 5.74) is 0. The maximum atomic E-state index is 12.1. The van der Waals surface area contributed by atoms with Crippen LogP contribution in [0.3, 0.4) is 0 Å². The van der Waals surface area contributed by atoms with Gasteiger partial charge >= 0.3 is 11.9 Å². The third kappa shape index (κ3) is 23.9. The lowest BCUT2D eigenvalue weighted by Gasteiger charge is -2.14. The average Bonchev–Trinajstić information content (AvgIpc) is 2.83. The minimum absolute atomic E-state index is 0.300. The van der Waals surface area contributed by atoms with E-state index in [9.17, 15) is 19.5 Å². The highest BCUT2D eigenvalue weighted by molar-refractivity contribution is 5.87. The van der Waals surface area contributed by atoms with Crippen molar-refractivity contribution in [2.45, 2.75) is 161 Å². The molecule has 0 saturated heterocycles. The zero-order chi connectivity index (χ0) is 26.0. The van der Waals surface area contributed by atoms with Gasteiger partial charge in [0.25, 0.3) is 0 Å². The number of amides is 1. The Bertz CT molecular complexity index is 523. The molecule has 6 heteroatoms. The number of carbonyl (C=O) groups excluding carboxylic acids is 2. The summed E-state index contributed by atoms with van der Waals surface area (Å²) in [5, 5.41) is 11.8. The van der Waals surface area contributed by atoms with Crippen LogP contribution in [0.25, 0.3) is 0 Å². The highest BCUT2D eigenvalue weighted by atomic mass is 16.5. The molecule has 0 aliphatic carbocycles. The number of carboxylic acid groups (broad SMARTS) is 1. The van der Waals surface area contributed by atoms with Gasteiger partial charge in [-0.15, -0.1) is 0 Å². The molecule has 0 heterocycles. The number of rotatable bonds is 26. The number of hydrogen-bond acceptors (Lipinski definition) is 4. The molecule has 0 rings (SSSR count). The van der Waals surface area contributed by atoms with Crippen LogP contribution < -0.4 is 5.32 Å². The lowest BCUT2D eigenvalue weighted by Crippen LogP contribution is -2.42. The van der Waals surface area contributed by atoms with Crippen molar-refractivity contribution in [3.8, 4) is 0 Å². The molecule has 1 amide bonds. The van der Waals surface area contributed by atoms with E-state index in [0.29, 0.717) is 13.0 Å². The molecule has 35 heavy (non-hydrogen) atoms. The molecule has 0 aromatic heterocycles. The van der Waals surface area contributed by atoms with Crippen LogP contribution in [0.15, 0.2) is 0 Å². The molecule has 0 aliphatic rings. The van der Waals surface area contributed by atoms with Gasteiger partial charge in [-0.2, -0.15) is 0 Å². The van der Waals surface area contributed by atoms with Gasteiger partial charge in [0.1, 0.15) is 6.04 Å². The summed E-state index contributed by atoms with van der Waals surface area (Å²) in [5.74, 6) is -2.07. The molecule has 206 valence electrons. The third-order valence-electron chi connectivity index (χ3n) is 6.52. The van der Waals surface area contributed by atoms with Crippen LogP contribution in [0.1, 0.15) is 155 Å². The second-order valence-electron chi connectivity index (χ2n) is 10.00. The Morgan fingerprint density at radius 1 is 0.629 bits per heavy atom. The molecule has 0 unspecified atom stereocenters. The van der Waals surface area contributed by atoms with Crippen molar-refractivity contribution in [1.82, 2.24) is 5.32 Å². The van der Waals surface area contributed by atoms with Crippen LogP contribution in [0, 0.1) is 0 Å². The van der Waals surface area contributed by atoms with E-state index in [0.717, 1.165) is 38.5 Å². The van der Waals surface area contributed by atoms with E-state index in [-0.39, 0.29) is 12.3 Å². The van der Waals surface area contributed by atoms with Gasteiger partial charge in [-0.05, 0) is 12.8 Å². The molecule has 0 aromatic rings. The van der Waals surface area contributed by atoms with Gasteiger partial charge in [0.15, 0.2) is 0 Å². The second kappa shape index (κ2) is 25.5. The van der Waals surface area contributed by atoms with Crippen LogP contribution in [-0.2, 0) is 19.1 Å². The van der Waals surface area contributed by atoms with E-state index >= 15 is 0 Å². The molecular weight excluding hydrogens is 442 g/mol. The Kier molecular flexibility index (Phi) is 24.3. The molecule has 0 spiro atoms. The van der Waals surface area contributed by atoms with Crippen molar-refractivity contribution in [3.05, 3.63) is 0 Å². The minimum Gasteiger partial charge on any atom is -0.480 e. The minimum atomic E-state index is -1.22. The Morgan fingerprint density at radius 3 is 1.46 bits per heavy atom. The third-order valence-corrected chi connectivity index (χ3v) is 6.52. The standard InChI is InChI=1S/C29H55NO5/c1-3-5-7-9-11-13-15-17-19-21-23-27(31)30-26(29(33)34)25-28(32)35-24-22-20-18-16-14-12-10-8-6-4-2/h26H,3-25H2,1-2H3,(H,30,31)(H,33,34)/t26-/m0/s1. The second-order valence-corrected chi connectivity index (χ2v) is 10.00. The zero-order valence-corrected chi connectivity index (χ0v) is 22.9. The number of hydrogen-bond donors (Lipinski definition) is 2. The highest BCUT2D eigenvalue weighted by Gasteiger charge is 2.23. The predicted molar refractivity (Wildman–Crippen MR) is 143 cm³/mol. The first-order valence-corrected chi connectivity index (χ1v) is 14.7. The van der Waals surface area contributed by atoms with Gasteiger partial charge in [-0.25, -0.2) is 4.79 Å². The molecule has 0 bridgehead atoms. The van der Waals surface area contributed by atoms with Crippen LogP contribution in [-0.4, -0.2) is 35.6 Å². The van der Waals surface area contributed by atoms with Crippen LogP contribution in [0.5, 0.6) is 0 Å². The normalized spacial score (nSPS) is 11.8. The number of ether oxygens (including phenoxy) is 1. The molecule has 1 atom stereocenters. The maximum absolute atomic E-state index is 12.1. The maximum Gasteiger partial charge on any atom is 0.326 e. The first-order valence-electron chi connectivity index (χ1n) is 14.7. The molecule has 0 radical (unpaired) electrons. The van der Waals surface area contributed by atoms with E-state index in [2.05, 4.69) is 19.2 Å². The highest BCUT2D eigenvalue weighted by Crippen LogP contribution is 2.12. The van der Waals surface area contributed by atoms with Crippen molar-refractivity contribution in [1.29, 1.82) is 0 Å². The summed E-state index contributed by atoms with van der Waals surface area (Å²) in [4.78, 5) is 35.6. The lowest BCUT2D eigenvalue weighted by atomic mass is 10.1. The number of nitrogens with one attached hydrogen (secondary N) is 1. The summed E-state index contributed by atoms with van der Waals surface area (Å²) in [6, 6.07) is -1.22. The number of carbonyl (C=O) groups is 3. The fraction of sp³-hybridized carbons (Fsp3) is 0.897. The van der Waals surface area contributed by atoms with Crippen molar-refractivity contribution in [2.24, 2.45) is 0 Å². The Hall–Kier alpha value is -1.59. The van der Waals surface area contributed by atoms with E-state index in [1.807, 2.05) is 0 Å². The molecular formula is C29H55NO5. The molecule has 0 aromatic carbocycles. The smallest absolute Gasteiger partial charge is 0.326 e. The zero-order valence-electron chi connectivity index (χ0n) is 22.9. The lowest BCUT2D eigenvalue weighted by molar-refractivity contribution is -0.150. The van der Waals surface area contributed by atoms with Gasteiger partial charge in [0.2, 0.25) is 5.91 Å². The monoisotopic (exact) mass is 497 g/mol. The molecule has 0 saturated carbocycles. The van der Waals surface area contributed by atoms with Crippen molar-refractivity contribution in [2.75, 3.05) is 6.61 Å². The molecule has 6 nitrogen and oxygen atoms in total. The SMILES string of the molecule is CCCCCCCCCCCCOC(=O)C[C@H](NC(=O)CCCCCCCCCCCC)C(=O)O. The summed E-state index contributed by atoms with van der Waals surface area (Å²) in [7, 11) is 0. The van der Waals surface area contributed by atoms with Crippen LogP contribution in [0.2, 0.25) is 0 Å². The number of unbranched alkanes of at least 4 members (excludes halogenated alkanes) is 18. The number of carboxylic acids is 1.